The SMILES string of the molecule is COC(=O)c1ccc(CNC(=O)CSc2nnc(Nc3ccccc3F)s2)cc1. The number of halogens is 1. The van der Waals surface area contributed by atoms with Crippen molar-refractivity contribution in [3.8, 4) is 0 Å². The fraction of sp³-hybridized carbons (Fsp3) is 0.158. The molecule has 0 spiro atoms. The van der Waals surface area contributed by atoms with E-state index < -0.39 is 5.97 Å². The van der Waals surface area contributed by atoms with Gasteiger partial charge in [0.1, 0.15) is 5.82 Å². The minimum Gasteiger partial charge on any atom is -0.465 e. The van der Waals surface area contributed by atoms with E-state index in [1.54, 1.807) is 42.5 Å². The summed E-state index contributed by atoms with van der Waals surface area (Å²) in [6, 6.07) is 13.1. The van der Waals surface area contributed by atoms with Crippen LogP contribution in [0.1, 0.15) is 15.9 Å². The number of amides is 1. The predicted octanol–water partition coefficient (Wildman–Crippen LogP) is 3.62. The highest BCUT2D eigenvalue weighted by Gasteiger charge is 2.10. The molecule has 0 radical (unpaired) electrons. The van der Waals surface area contributed by atoms with Crippen LogP contribution in [0.15, 0.2) is 52.9 Å². The maximum Gasteiger partial charge on any atom is 0.337 e. The lowest BCUT2D eigenvalue weighted by Crippen LogP contribution is -2.24. The Labute approximate surface area is 174 Å². The zero-order valence-corrected chi connectivity index (χ0v) is 17.0. The van der Waals surface area contributed by atoms with Crippen molar-refractivity contribution in [3.05, 3.63) is 65.5 Å². The van der Waals surface area contributed by atoms with Crippen molar-refractivity contribution in [2.45, 2.75) is 10.9 Å². The molecular formula is C19H17FN4O3S2. The molecule has 0 aliphatic rings. The molecule has 10 heteroatoms. The molecule has 0 fully saturated rings. The van der Waals surface area contributed by atoms with Crippen LogP contribution in [0.5, 0.6) is 0 Å². The van der Waals surface area contributed by atoms with Crippen molar-refractivity contribution in [2.75, 3.05) is 18.2 Å². The van der Waals surface area contributed by atoms with Gasteiger partial charge in [0.15, 0.2) is 4.34 Å². The van der Waals surface area contributed by atoms with E-state index in [0.717, 1.165) is 5.56 Å². The van der Waals surface area contributed by atoms with Crippen molar-refractivity contribution in [1.29, 1.82) is 0 Å². The lowest BCUT2D eigenvalue weighted by molar-refractivity contribution is -0.118. The Hall–Kier alpha value is -2.98. The van der Waals surface area contributed by atoms with Crippen molar-refractivity contribution >= 4 is 45.8 Å². The van der Waals surface area contributed by atoms with Gasteiger partial charge in [-0.15, -0.1) is 10.2 Å². The molecule has 0 saturated heterocycles. The van der Waals surface area contributed by atoms with Gasteiger partial charge in [0.2, 0.25) is 11.0 Å². The summed E-state index contributed by atoms with van der Waals surface area (Å²) in [6.45, 7) is 0.344. The topological polar surface area (TPSA) is 93.2 Å². The van der Waals surface area contributed by atoms with Crippen molar-refractivity contribution in [2.24, 2.45) is 0 Å². The van der Waals surface area contributed by atoms with Crippen LogP contribution in [-0.2, 0) is 16.1 Å². The Kier molecular flexibility index (Phi) is 7.14. The lowest BCUT2D eigenvalue weighted by atomic mass is 10.1. The number of ether oxygens (including phenoxy) is 1. The van der Waals surface area contributed by atoms with Gasteiger partial charge in [-0.25, -0.2) is 9.18 Å². The minimum atomic E-state index is -0.405. The second-order valence-electron chi connectivity index (χ2n) is 5.73. The first-order chi connectivity index (χ1) is 14.0. The number of anilines is 2. The van der Waals surface area contributed by atoms with Crippen LogP contribution in [0.4, 0.5) is 15.2 Å². The number of rotatable bonds is 8. The molecule has 0 bridgehead atoms. The summed E-state index contributed by atoms with van der Waals surface area (Å²) in [5, 5.41) is 14.1. The number of nitrogens with zero attached hydrogens (tertiary/aromatic N) is 2. The van der Waals surface area contributed by atoms with Gasteiger partial charge in [-0.05, 0) is 29.8 Å². The van der Waals surface area contributed by atoms with Crippen molar-refractivity contribution in [3.63, 3.8) is 0 Å². The third-order valence-electron chi connectivity index (χ3n) is 3.71. The van der Waals surface area contributed by atoms with E-state index >= 15 is 0 Å². The molecule has 1 aromatic heterocycles. The molecule has 2 aromatic carbocycles. The van der Waals surface area contributed by atoms with E-state index in [4.69, 9.17) is 0 Å². The van der Waals surface area contributed by atoms with Crippen LogP contribution in [-0.4, -0.2) is 34.9 Å². The number of carbonyl (C=O) groups is 2. The number of hydrogen-bond donors (Lipinski definition) is 2. The fourth-order valence-corrected chi connectivity index (χ4v) is 3.85. The Balaban J connectivity index is 1.44. The van der Waals surface area contributed by atoms with E-state index in [1.165, 1.54) is 36.3 Å². The van der Waals surface area contributed by atoms with E-state index in [-0.39, 0.29) is 17.5 Å². The first kappa shape index (κ1) is 20.7. The highest BCUT2D eigenvalue weighted by atomic mass is 32.2. The van der Waals surface area contributed by atoms with Gasteiger partial charge in [-0.3, -0.25) is 4.79 Å². The van der Waals surface area contributed by atoms with Crippen LogP contribution in [0, 0.1) is 5.82 Å². The molecule has 150 valence electrons. The summed E-state index contributed by atoms with van der Waals surface area (Å²) in [6.07, 6.45) is 0. The summed E-state index contributed by atoms with van der Waals surface area (Å²) in [7, 11) is 1.32. The Morgan fingerprint density at radius 1 is 1.14 bits per heavy atom. The Bertz CT molecular complexity index is 995. The third-order valence-corrected chi connectivity index (χ3v) is 5.69. The molecule has 0 atom stereocenters. The first-order valence-electron chi connectivity index (χ1n) is 8.47. The van der Waals surface area contributed by atoms with Crippen LogP contribution >= 0.6 is 23.1 Å². The second kappa shape index (κ2) is 9.99. The highest BCUT2D eigenvalue weighted by Crippen LogP contribution is 2.28. The molecule has 29 heavy (non-hydrogen) atoms. The normalized spacial score (nSPS) is 10.4. The van der Waals surface area contributed by atoms with Gasteiger partial charge in [-0.2, -0.15) is 0 Å². The summed E-state index contributed by atoms with van der Waals surface area (Å²) >= 11 is 2.48. The summed E-state index contributed by atoms with van der Waals surface area (Å²) in [5.74, 6) is -0.770. The van der Waals surface area contributed by atoms with Crippen LogP contribution in [0.25, 0.3) is 0 Å². The van der Waals surface area contributed by atoms with E-state index in [9.17, 15) is 14.0 Å². The van der Waals surface area contributed by atoms with E-state index in [1.807, 2.05) is 0 Å². The van der Waals surface area contributed by atoms with Gasteiger partial charge >= 0.3 is 5.97 Å². The Morgan fingerprint density at radius 3 is 2.62 bits per heavy atom. The van der Waals surface area contributed by atoms with Crippen molar-refractivity contribution < 1.29 is 18.7 Å². The number of esters is 1. The van der Waals surface area contributed by atoms with Crippen LogP contribution < -0.4 is 10.6 Å². The number of hydrogen-bond acceptors (Lipinski definition) is 8. The molecule has 0 aliphatic heterocycles. The number of methoxy groups -OCH3 is 1. The molecule has 1 amide bonds. The van der Waals surface area contributed by atoms with Crippen molar-refractivity contribution in [1.82, 2.24) is 15.5 Å². The Morgan fingerprint density at radius 2 is 1.90 bits per heavy atom. The van der Waals surface area contributed by atoms with Crippen LogP contribution in [0.2, 0.25) is 0 Å². The van der Waals surface area contributed by atoms with Gasteiger partial charge in [-0.1, -0.05) is 47.4 Å². The average molecular weight is 433 g/mol. The molecule has 7 nitrogen and oxygen atoms in total. The highest BCUT2D eigenvalue weighted by molar-refractivity contribution is 8.01. The monoisotopic (exact) mass is 432 g/mol. The third kappa shape index (κ3) is 6.00. The van der Waals surface area contributed by atoms with E-state index in [2.05, 4.69) is 25.6 Å². The maximum atomic E-state index is 13.7. The minimum absolute atomic E-state index is 0.161. The first-order valence-corrected chi connectivity index (χ1v) is 10.3. The zero-order valence-electron chi connectivity index (χ0n) is 15.3. The molecule has 3 rings (SSSR count). The smallest absolute Gasteiger partial charge is 0.337 e. The van der Waals surface area contributed by atoms with E-state index in [0.29, 0.717) is 27.3 Å². The quantitative estimate of drug-likeness (QED) is 0.415. The number of thioether (sulfide) groups is 1. The number of nitrogens with one attached hydrogen (secondary N) is 2. The summed E-state index contributed by atoms with van der Waals surface area (Å²) < 4.78 is 18.9. The lowest BCUT2D eigenvalue weighted by Gasteiger charge is -2.05. The van der Waals surface area contributed by atoms with Gasteiger partial charge in [0.25, 0.3) is 0 Å². The number of para-hydroxylation sites is 1. The standard InChI is InChI=1S/C19H17FN4O3S2/c1-27-17(26)13-8-6-12(7-9-13)10-21-16(25)11-28-19-24-23-18(29-19)22-15-5-3-2-4-14(15)20/h2-9H,10-11H2,1H3,(H,21,25)(H,22,23). The van der Waals surface area contributed by atoms with Gasteiger partial charge in [0, 0.05) is 6.54 Å². The summed E-state index contributed by atoms with van der Waals surface area (Å²) in [5.41, 5.74) is 1.63. The largest absolute Gasteiger partial charge is 0.465 e. The molecule has 1 heterocycles. The molecule has 0 aliphatic carbocycles. The number of aromatic nitrogens is 2. The fourth-order valence-electron chi connectivity index (χ4n) is 2.25. The molecule has 0 saturated carbocycles. The molecule has 0 unspecified atom stereocenters. The predicted molar refractivity (Wildman–Crippen MR) is 110 cm³/mol. The van der Waals surface area contributed by atoms with Crippen LogP contribution in [0.3, 0.4) is 0 Å². The van der Waals surface area contributed by atoms with Gasteiger partial charge < -0.3 is 15.4 Å². The number of carbonyl (C=O) groups excluding carboxylic acids is 2. The number of benzene rings is 2. The molecule has 2 N–H and O–H groups in total. The second-order valence-corrected chi connectivity index (χ2v) is 7.93. The average Bonchev–Trinajstić information content (AvgIpc) is 3.19. The van der Waals surface area contributed by atoms with Gasteiger partial charge in [0.05, 0.1) is 24.1 Å². The maximum absolute atomic E-state index is 13.7. The zero-order chi connectivity index (χ0) is 20.6. The molecular weight excluding hydrogens is 415 g/mol. The molecule has 3 aromatic rings. The summed E-state index contributed by atoms with van der Waals surface area (Å²) in [4.78, 5) is 23.4.